The van der Waals surface area contributed by atoms with Crippen molar-refractivity contribution in [1.29, 1.82) is 0 Å². The Morgan fingerprint density at radius 3 is 2.62 bits per heavy atom. The molecule has 10 nitrogen and oxygen atoms in total. The van der Waals surface area contributed by atoms with Crippen molar-refractivity contribution < 1.29 is 18.7 Å². The molecule has 2 heterocycles. The Hall–Kier alpha value is -3.89. The van der Waals surface area contributed by atoms with E-state index in [9.17, 15) is 14.0 Å². The summed E-state index contributed by atoms with van der Waals surface area (Å²) in [5.41, 5.74) is 0.503. The summed E-state index contributed by atoms with van der Waals surface area (Å²) in [4.78, 5) is 36.3. The number of anilines is 1. The number of carbonyl (C=O) groups excluding carboxylic acids is 2. The molecule has 3 aromatic rings. The Bertz CT molecular complexity index is 1040. The quantitative estimate of drug-likeness (QED) is 0.630. The minimum Gasteiger partial charge on any atom is -0.465 e. The lowest BCUT2D eigenvalue weighted by molar-refractivity contribution is 0.0595. The molecule has 11 heteroatoms. The fourth-order valence-corrected chi connectivity index (χ4v) is 2.60. The van der Waals surface area contributed by atoms with Gasteiger partial charge in [-0.25, -0.2) is 28.9 Å². The lowest BCUT2D eigenvalue weighted by Gasteiger charge is -2.16. The van der Waals surface area contributed by atoms with Crippen LogP contribution in [0.25, 0.3) is 5.95 Å². The highest BCUT2D eigenvalue weighted by Gasteiger charge is 2.20. The summed E-state index contributed by atoms with van der Waals surface area (Å²) < 4.78 is 20.1. The van der Waals surface area contributed by atoms with Crippen LogP contribution in [0.2, 0.25) is 0 Å². The zero-order chi connectivity index (χ0) is 21.0. The number of hydrogen-bond acceptors (Lipinski definition) is 7. The van der Waals surface area contributed by atoms with E-state index in [1.165, 1.54) is 17.1 Å². The van der Waals surface area contributed by atoms with Crippen molar-refractivity contribution in [1.82, 2.24) is 30.0 Å². The molecule has 2 aromatic heterocycles. The third-order valence-corrected chi connectivity index (χ3v) is 4.02. The monoisotopic (exact) mass is 399 g/mol. The van der Waals surface area contributed by atoms with Gasteiger partial charge in [0.2, 0.25) is 0 Å². The number of halogens is 1. The van der Waals surface area contributed by atoms with Crippen LogP contribution >= 0.6 is 0 Å². The standard InChI is InChI=1S/C18H18FN7O3/c1-10-7-12(16(27)29-3)13(19)8-14(10)25-18(28)24-11(2)15-22-9-23-26(15)17-20-5-4-6-21-17/h4-9,11H,1-3H3,(H2,24,25,28). The molecule has 3 rings (SSSR count). The summed E-state index contributed by atoms with van der Waals surface area (Å²) in [5.74, 6) is -0.870. The predicted octanol–water partition coefficient (Wildman–Crippen LogP) is 2.17. The second kappa shape index (κ2) is 8.42. The number of aryl methyl sites for hydroxylation is 1. The Morgan fingerprint density at radius 2 is 1.93 bits per heavy atom. The van der Waals surface area contributed by atoms with E-state index in [1.807, 2.05) is 0 Å². The maximum absolute atomic E-state index is 14.1. The first-order chi connectivity index (χ1) is 13.9. The van der Waals surface area contributed by atoms with E-state index in [1.54, 1.807) is 32.3 Å². The fourth-order valence-electron chi connectivity index (χ4n) is 2.60. The molecular weight excluding hydrogens is 381 g/mol. The van der Waals surface area contributed by atoms with Crippen molar-refractivity contribution in [2.24, 2.45) is 0 Å². The van der Waals surface area contributed by atoms with Crippen LogP contribution in [0.15, 0.2) is 36.9 Å². The summed E-state index contributed by atoms with van der Waals surface area (Å²) in [7, 11) is 1.16. The molecule has 1 unspecified atom stereocenters. The molecule has 0 aliphatic rings. The van der Waals surface area contributed by atoms with Gasteiger partial charge in [-0.3, -0.25) is 0 Å². The Morgan fingerprint density at radius 1 is 1.21 bits per heavy atom. The van der Waals surface area contributed by atoms with E-state index in [2.05, 4.69) is 35.4 Å². The van der Waals surface area contributed by atoms with Crippen molar-refractivity contribution >= 4 is 17.7 Å². The Balaban J connectivity index is 1.73. The van der Waals surface area contributed by atoms with E-state index >= 15 is 0 Å². The van der Waals surface area contributed by atoms with Gasteiger partial charge in [0.05, 0.1) is 18.7 Å². The van der Waals surface area contributed by atoms with E-state index in [0.717, 1.165) is 13.2 Å². The fraction of sp³-hybridized carbons (Fsp3) is 0.222. The molecule has 2 amide bonds. The summed E-state index contributed by atoms with van der Waals surface area (Å²) in [6.07, 6.45) is 4.45. The summed E-state index contributed by atoms with van der Waals surface area (Å²) in [6.45, 7) is 3.34. The molecule has 0 spiro atoms. The number of amides is 2. The van der Waals surface area contributed by atoms with Crippen LogP contribution in [0.1, 0.15) is 34.7 Å². The zero-order valence-corrected chi connectivity index (χ0v) is 15.9. The largest absolute Gasteiger partial charge is 0.465 e. The number of benzene rings is 1. The van der Waals surface area contributed by atoms with Crippen LogP contribution in [0.5, 0.6) is 0 Å². The zero-order valence-electron chi connectivity index (χ0n) is 15.9. The maximum Gasteiger partial charge on any atom is 0.340 e. The number of urea groups is 1. The van der Waals surface area contributed by atoms with Gasteiger partial charge in [0.25, 0.3) is 5.95 Å². The van der Waals surface area contributed by atoms with Crippen LogP contribution in [0.4, 0.5) is 14.9 Å². The first-order valence-corrected chi connectivity index (χ1v) is 8.54. The average molecular weight is 399 g/mol. The third kappa shape index (κ3) is 4.34. The summed E-state index contributed by atoms with van der Waals surface area (Å²) >= 11 is 0. The highest BCUT2D eigenvalue weighted by Crippen LogP contribution is 2.21. The van der Waals surface area contributed by atoms with Crippen LogP contribution in [-0.4, -0.2) is 43.8 Å². The van der Waals surface area contributed by atoms with E-state index in [0.29, 0.717) is 17.3 Å². The van der Waals surface area contributed by atoms with E-state index in [4.69, 9.17) is 0 Å². The van der Waals surface area contributed by atoms with E-state index in [-0.39, 0.29) is 11.3 Å². The topological polar surface area (TPSA) is 124 Å². The first-order valence-electron chi connectivity index (χ1n) is 8.54. The number of aromatic nitrogens is 5. The summed E-state index contributed by atoms with van der Waals surface area (Å²) in [5, 5.41) is 9.32. The van der Waals surface area contributed by atoms with Crippen molar-refractivity contribution in [3.05, 3.63) is 59.7 Å². The molecule has 0 saturated heterocycles. The molecule has 0 radical (unpaired) electrons. The molecule has 1 atom stereocenters. The van der Waals surface area contributed by atoms with Gasteiger partial charge in [-0.1, -0.05) is 0 Å². The molecule has 0 aliphatic heterocycles. The van der Waals surface area contributed by atoms with Crippen LogP contribution in [-0.2, 0) is 4.74 Å². The van der Waals surface area contributed by atoms with Gasteiger partial charge in [0, 0.05) is 18.1 Å². The third-order valence-electron chi connectivity index (χ3n) is 4.02. The average Bonchev–Trinajstić information content (AvgIpc) is 3.20. The van der Waals surface area contributed by atoms with Gasteiger partial charge < -0.3 is 15.4 Å². The number of carbonyl (C=O) groups is 2. The van der Waals surface area contributed by atoms with Gasteiger partial charge in [0.1, 0.15) is 12.1 Å². The van der Waals surface area contributed by atoms with Gasteiger partial charge >= 0.3 is 12.0 Å². The highest BCUT2D eigenvalue weighted by atomic mass is 19.1. The normalized spacial score (nSPS) is 11.6. The maximum atomic E-state index is 14.1. The van der Waals surface area contributed by atoms with Gasteiger partial charge in [-0.05, 0) is 37.6 Å². The van der Waals surface area contributed by atoms with Crippen LogP contribution in [0, 0.1) is 12.7 Å². The number of methoxy groups -OCH3 is 1. The molecule has 1 aromatic carbocycles. The van der Waals surface area contributed by atoms with Gasteiger partial charge in [0.15, 0.2) is 5.82 Å². The number of rotatable bonds is 5. The second-order valence-corrected chi connectivity index (χ2v) is 6.04. The lowest BCUT2D eigenvalue weighted by Crippen LogP contribution is -2.33. The van der Waals surface area contributed by atoms with Crippen molar-refractivity contribution in [2.45, 2.75) is 19.9 Å². The first kappa shape index (κ1) is 19.9. The number of hydrogen-bond donors (Lipinski definition) is 2. The van der Waals surface area contributed by atoms with Crippen LogP contribution in [0.3, 0.4) is 0 Å². The smallest absolute Gasteiger partial charge is 0.340 e. The molecule has 0 bridgehead atoms. The van der Waals surface area contributed by atoms with Gasteiger partial charge in [-0.2, -0.15) is 9.78 Å². The minimum absolute atomic E-state index is 0.208. The Labute approximate surface area is 165 Å². The molecule has 150 valence electrons. The second-order valence-electron chi connectivity index (χ2n) is 6.04. The minimum atomic E-state index is -0.799. The number of esters is 1. The molecular formula is C18H18FN7O3. The molecule has 0 saturated carbocycles. The highest BCUT2D eigenvalue weighted by molar-refractivity contribution is 5.93. The molecule has 0 aliphatic carbocycles. The van der Waals surface area contributed by atoms with Crippen molar-refractivity contribution in [3.8, 4) is 5.95 Å². The van der Waals surface area contributed by atoms with Crippen molar-refractivity contribution in [3.63, 3.8) is 0 Å². The number of ether oxygens (including phenoxy) is 1. The molecule has 0 fully saturated rings. The van der Waals surface area contributed by atoms with Crippen molar-refractivity contribution in [2.75, 3.05) is 12.4 Å². The Kier molecular flexibility index (Phi) is 5.77. The summed E-state index contributed by atoms with van der Waals surface area (Å²) in [6, 6.07) is 2.90. The molecule has 29 heavy (non-hydrogen) atoms. The number of nitrogens with zero attached hydrogens (tertiary/aromatic N) is 5. The van der Waals surface area contributed by atoms with Crippen LogP contribution < -0.4 is 10.6 Å². The van der Waals surface area contributed by atoms with E-state index < -0.39 is 23.9 Å². The molecule has 2 N–H and O–H groups in total. The number of nitrogens with one attached hydrogen (secondary N) is 2. The lowest BCUT2D eigenvalue weighted by atomic mass is 10.1. The SMILES string of the molecule is COC(=O)c1cc(C)c(NC(=O)NC(C)c2ncnn2-c2ncccn2)cc1F. The predicted molar refractivity (Wildman–Crippen MR) is 100.0 cm³/mol. The van der Waals surface area contributed by atoms with Gasteiger partial charge in [-0.15, -0.1) is 0 Å².